The normalized spacial score (nSPS) is 13.5. The molecule has 154 valence electrons. The summed E-state index contributed by atoms with van der Waals surface area (Å²) in [6.45, 7) is 3.85. The summed E-state index contributed by atoms with van der Waals surface area (Å²) in [5, 5.41) is 0. The number of esters is 1. The number of ether oxygens (including phenoxy) is 2. The SMILES string of the molecule is COC(=O)c1ccc2nc(Cc3cc(F)c(Br)cc3F)n([C@H](C)[C@@H](C)OC)c2c1. The second-order valence-corrected chi connectivity index (χ2v) is 7.66. The van der Waals surface area contributed by atoms with Gasteiger partial charge in [-0.2, -0.15) is 0 Å². The first-order valence-corrected chi connectivity index (χ1v) is 9.81. The summed E-state index contributed by atoms with van der Waals surface area (Å²) < 4.78 is 40.6. The quantitative estimate of drug-likeness (QED) is 0.376. The lowest BCUT2D eigenvalue weighted by Gasteiger charge is -2.23. The molecule has 0 saturated carbocycles. The van der Waals surface area contributed by atoms with E-state index in [2.05, 4.69) is 20.9 Å². The molecule has 0 aliphatic carbocycles. The van der Waals surface area contributed by atoms with Crippen molar-refractivity contribution >= 4 is 32.9 Å². The minimum Gasteiger partial charge on any atom is -0.465 e. The Morgan fingerprint density at radius 3 is 2.55 bits per heavy atom. The van der Waals surface area contributed by atoms with Crippen molar-refractivity contribution in [3.05, 3.63) is 63.4 Å². The molecule has 8 heteroatoms. The lowest BCUT2D eigenvalue weighted by molar-refractivity contribution is 0.0601. The molecule has 0 amide bonds. The van der Waals surface area contributed by atoms with Crippen LogP contribution in [0.1, 0.15) is 41.6 Å². The molecule has 0 spiro atoms. The van der Waals surface area contributed by atoms with Gasteiger partial charge in [0.05, 0.1) is 40.3 Å². The van der Waals surface area contributed by atoms with Gasteiger partial charge in [-0.05, 0) is 65.7 Å². The fraction of sp³-hybridized carbons (Fsp3) is 0.333. The van der Waals surface area contributed by atoms with Crippen LogP contribution in [0.5, 0.6) is 0 Å². The minimum atomic E-state index is -0.546. The largest absolute Gasteiger partial charge is 0.465 e. The van der Waals surface area contributed by atoms with Gasteiger partial charge in [-0.25, -0.2) is 18.6 Å². The van der Waals surface area contributed by atoms with E-state index in [9.17, 15) is 13.6 Å². The predicted octanol–water partition coefficient (Wildman–Crippen LogP) is 5.05. The molecule has 0 fully saturated rings. The van der Waals surface area contributed by atoms with Gasteiger partial charge in [0.1, 0.15) is 17.5 Å². The number of carbonyl (C=O) groups excluding carboxylic acids is 1. The number of hydrogen-bond donors (Lipinski definition) is 0. The number of aromatic nitrogens is 2. The van der Waals surface area contributed by atoms with Crippen molar-refractivity contribution in [3.63, 3.8) is 0 Å². The zero-order valence-corrected chi connectivity index (χ0v) is 18.1. The van der Waals surface area contributed by atoms with Crippen LogP contribution in [0.25, 0.3) is 11.0 Å². The van der Waals surface area contributed by atoms with E-state index < -0.39 is 17.6 Å². The lowest BCUT2D eigenvalue weighted by atomic mass is 10.1. The highest BCUT2D eigenvalue weighted by molar-refractivity contribution is 9.10. The summed E-state index contributed by atoms with van der Waals surface area (Å²) in [6, 6.07) is 7.12. The summed E-state index contributed by atoms with van der Waals surface area (Å²) in [6.07, 6.45) is -0.0987. The second kappa shape index (κ2) is 8.59. The molecule has 1 aromatic heterocycles. The number of halogens is 3. The number of benzene rings is 2. The predicted molar refractivity (Wildman–Crippen MR) is 109 cm³/mol. The molecule has 2 atom stereocenters. The van der Waals surface area contributed by atoms with Crippen LogP contribution >= 0.6 is 15.9 Å². The molecule has 0 N–H and O–H groups in total. The van der Waals surface area contributed by atoms with Crippen molar-refractivity contribution in [2.75, 3.05) is 14.2 Å². The maximum absolute atomic E-state index is 14.4. The van der Waals surface area contributed by atoms with E-state index in [-0.39, 0.29) is 28.6 Å². The van der Waals surface area contributed by atoms with Gasteiger partial charge in [-0.1, -0.05) is 0 Å². The highest BCUT2D eigenvalue weighted by Crippen LogP contribution is 2.28. The number of hydrogen-bond acceptors (Lipinski definition) is 4. The van der Waals surface area contributed by atoms with Gasteiger partial charge in [-0.15, -0.1) is 0 Å². The van der Waals surface area contributed by atoms with Crippen molar-refractivity contribution in [2.45, 2.75) is 32.4 Å². The van der Waals surface area contributed by atoms with Crippen molar-refractivity contribution in [2.24, 2.45) is 0 Å². The first-order chi connectivity index (χ1) is 13.8. The number of nitrogens with zero attached hydrogens (tertiary/aromatic N) is 2. The number of methoxy groups -OCH3 is 2. The monoisotopic (exact) mass is 466 g/mol. The summed E-state index contributed by atoms with van der Waals surface area (Å²) >= 11 is 2.99. The highest BCUT2D eigenvalue weighted by Gasteiger charge is 2.23. The summed E-state index contributed by atoms with van der Waals surface area (Å²) in [5.74, 6) is -0.997. The van der Waals surface area contributed by atoms with E-state index in [1.165, 1.54) is 7.11 Å². The number of carbonyl (C=O) groups is 1. The lowest BCUT2D eigenvalue weighted by Crippen LogP contribution is -2.22. The van der Waals surface area contributed by atoms with Crippen molar-refractivity contribution in [1.29, 1.82) is 0 Å². The van der Waals surface area contributed by atoms with Crippen LogP contribution < -0.4 is 0 Å². The molecule has 0 radical (unpaired) electrons. The van der Waals surface area contributed by atoms with Gasteiger partial charge in [-0.3, -0.25) is 0 Å². The molecule has 0 aliphatic rings. The van der Waals surface area contributed by atoms with Crippen LogP contribution in [0.3, 0.4) is 0 Å². The van der Waals surface area contributed by atoms with Crippen LogP contribution in [0.4, 0.5) is 8.78 Å². The Kier molecular flexibility index (Phi) is 6.33. The van der Waals surface area contributed by atoms with Gasteiger partial charge >= 0.3 is 5.97 Å². The van der Waals surface area contributed by atoms with E-state index in [4.69, 9.17) is 9.47 Å². The molecule has 5 nitrogen and oxygen atoms in total. The van der Waals surface area contributed by atoms with Crippen LogP contribution in [0, 0.1) is 11.6 Å². The average molecular weight is 467 g/mol. The average Bonchev–Trinajstić information content (AvgIpc) is 3.07. The molecule has 29 heavy (non-hydrogen) atoms. The van der Waals surface area contributed by atoms with Gasteiger partial charge < -0.3 is 14.0 Å². The summed E-state index contributed by atoms with van der Waals surface area (Å²) in [4.78, 5) is 16.6. The molecule has 0 aliphatic heterocycles. The third-order valence-electron chi connectivity index (χ3n) is 5.08. The highest BCUT2D eigenvalue weighted by atomic mass is 79.9. The Balaban J connectivity index is 2.17. The van der Waals surface area contributed by atoms with Gasteiger partial charge in [0.15, 0.2) is 0 Å². The fourth-order valence-corrected chi connectivity index (χ4v) is 3.56. The Morgan fingerprint density at radius 2 is 1.90 bits per heavy atom. The van der Waals surface area contributed by atoms with Crippen molar-refractivity contribution in [3.8, 4) is 0 Å². The third kappa shape index (κ3) is 4.18. The Hall–Kier alpha value is -2.32. The first-order valence-electron chi connectivity index (χ1n) is 9.02. The first kappa shape index (κ1) is 21.4. The maximum Gasteiger partial charge on any atom is 0.337 e. The summed E-state index contributed by atoms with van der Waals surface area (Å²) in [5.41, 5.74) is 1.90. The van der Waals surface area contributed by atoms with Crippen molar-refractivity contribution < 1.29 is 23.0 Å². The summed E-state index contributed by atoms with van der Waals surface area (Å²) in [7, 11) is 2.92. The molecular formula is C21H21BrF2N2O3. The Bertz CT molecular complexity index is 1070. The van der Waals surface area contributed by atoms with Crippen LogP contribution in [-0.2, 0) is 15.9 Å². The van der Waals surface area contributed by atoms with E-state index in [0.29, 0.717) is 22.4 Å². The molecule has 2 aromatic carbocycles. The van der Waals surface area contributed by atoms with Crippen LogP contribution in [0.2, 0.25) is 0 Å². The molecule has 1 heterocycles. The van der Waals surface area contributed by atoms with E-state index in [1.54, 1.807) is 25.3 Å². The molecule has 0 bridgehead atoms. The van der Waals surface area contributed by atoms with Gasteiger partial charge in [0.25, 0.3) is 0 Å². The minimum absolute atomic E-state index is 0.0661. The molecule has 3 rings (SSSR count). The van der Waals surface area contributed by atoms with E-state index in [0.717, 1.165) is 12.1 Å². The zero-order chi connectivity index (χ0) is 21.3. The third-order valence-corrected chi connectivity index (χ3v) is 5.69. The zero-order valence-electron chi connectivity index (χ0n) is 16.5. The van der Waals surface area contributed by atoms with Gasteiger partial charge in [0, 0.05) is 13.5 Å². The number of rotatable bonds is 6. The molecule has 0 unspecified atom stereocenters. The Morgan fingerprint density at radius 1 is 1.17 bits per heavy atom. The standard InChI is InChI=1S/C21H21BrF2N2O3/c1-11(12(2)28-3)26-19-8-13(21(27)29-4)5-6-18(19)25-20(26)9-14-7-17(24)15(22)10-16(14)23/h5-8,10-12H,9H2,1-4H3/t11-,12-/m1/s1. The molecular weight excluding hydrogens is 446 g/mol. The smallest absolute Gasteiger partial charge is 0.337 e. The number of fused-ring (bicyclic) bond motifs is 1. The van der Waals surface area contributed by atoms with Crippen LogP contribution in [0.15, 0.2) is 34.8 Å². The van der Waals surface area contributed by atoms with E-state index >= 15 is 0 Å². The topological polar surface area (TPSA) is 53.3 Å². The second-order valence-electron chi connectivity index (χ2n) is 6.81. The molecule has 0 saturated heterocycles. The Labute approximate surface area is 175 Å². The van der Waals surface area contributed by atoms with Gasteiger partial charge in [0.2, 0.25) is 0 Å². The number of imidazole rings is 1. The maximum atomic E-state index is 14.4. The van der Waals surface area contributed by atoms with E-state index in [1.807, 2.05) is 18.4 Å². The fourth-order valence-electron chi connectivity index (χ4n) is 3.24. The molecule has 3 aromatic rings. The van der Waals surface area contributed by atoms with Crippen molar-refractivity contribution in [1.82, 2.24) is 9.55 Å². The van der Waals surface area contributed by atoms with Crippen LogP contribution in [-0.4, -0.2) is 35.8 Å².